The summed E-state index contributed by atoms with van der Waals surface area (Å²) < 4.78 is 19.3. The molecule has 2 aliphatic heterocycles. The predicted molar refractivity (Wildman–Crippen MR) is 80.8 cm³/mol. The van der Waals surface area contributed by atoms with Gasteiger partial charge in [0, 0.05) is 13.2 Å². The molecule has 0 amide bonds. The standard InChI is InChI=1S/C15H20N2O7/c1-7(19)8-5-17(14(21)16(4)12(8)20)13-11-10(9(6-18)22-13)23-15(2,3)24-11/h5,9-11,13,18H,6H2,1-4H3/t9-,10+,11-,13-/m0/s1. The maximum atomic E-state index is 12.5. The Balaban J connectivity index is 2.11. The number of carbonyl (C=O) groups excluding carboxylic acids is 1. The molecule has 3 heterocycles. The molecule has 0 unspecified atom stereocenters. The van der Waals surface area contributed by atoms with Crippen LogP contribution < -0.4 is 11.2 Å². The van der Waals surface area contributed by atoms with Crippen LogP contribution in [-0.2, 0) is 21.3 Å². The van der Waals surface area contributed by atoms with Crippen LogP contribution in [0.4, 0.5) is 0 Å². The van der Waals surface area contributed by atoms with Crippen LogP contribution in [0.15, 0.2) is 15.8 Å². The molecule has 9 nitrogen and oxygen atoms in total. The smallest absolute Gasteiger partial charge is 0.332 e. The molecule has 132 valence electrons. The maximum Gasteiger partial charge on any atom is 0.332 e. The molecule has 0 saturated carbocycles. The van der Waals surface area contributed by atoms with Gasteiger partial charge in [-0.15, -0.1) is 0 Å². The van der Waals surface area contributed by atoms with Crippen LogP contribution in [0.2, 0.25) is 0 Å². The lowest BCUT2D eigenvalue weighted by Crippen LogP contribution is -2.44. The van der Waals surface area contributed by atoms with Crippen LogP contribution in [0, 0.1) is 0 Å². The second-order valence-corrected chi connectivity index (χ2v) is 6.47. The molecule has 1 aromatic rings. The fourth-order valence-electron chi connectivity index (χ4n) is 3.14. The Hall–Kier alpha value is -1.81. The van der Waals surface area contributed by atoms with Crippen molar-refractivity contribution in [3.05, 3.63) is 32.6 Å². The highest BCUT2D eigenvalue weighted by atomic mass is 16.8. The Labute approximate surface area is 137 Å². The summed E-state index contributed by atoms with van der Waals surface area (Å²) in [5.74, 6) is -1.35. The fourth-order valence-corrected chi connectivity index (χ4v) is 3.14. The number of hydrogen-bond acceptors (Lipinski definition) is 7. The molecule has 1 N–H and O–H groups in total. The fraction of sp³-hybridized carbons (Fsp3) is 0.667. The summed E-state index contributed by atoms with van der Waals surface area (Å²) in [4.78, 5) is 36.2. The quantitative estimate of drug-likeness (QED) is 0.715. The van der Waals surface area contributed by atoms with E-state index in [0.29, 0.717) is 0 Å². The van der Waals surface area contributed by atoms with Gasteiger partial charge in [0.05, 0.1) is 12.2 Å². The Kier molecular flexibility index (Phi) is 3.99. The van der Waals surface area contributed by atoms with Gasteiger partial charge in [-0.25, -0.2) is 4.79 Å². The summed E-state index contributed by atoms with van der Waals surface area (Å²) in [5.41, 5.74) is -1.43. The van der Waals surface area contributed by atoms with Gasteiger partial charge in [0.1, 0.15) is 18.3 Å². The number of ether oxygens (including phenoxy) is 3. The van der Waals surface area contributed by atoms with Gasteiger partial charge in [-0.05, 0) is 20.8 Å². The first-order chi connectivity index (χ1) is 11.2. The van der Waals surface area contributed by atoms with Crippen molar-refractivity contribution in [1.82, 2.24) is 9.13 Å². The zero-order valence-corrected chi connectivity index (χ0v) is 13.9. The van der Waals surface area contributed by atoms with Gasteiger partial charge in [-0.2, -0.15) is 0 Å². The molecule has 0 spiro atoms. The third-order valence-electron chi connectivity index (χ3n) is 4.27. The molecular formula is C15H20N2O7. The molecule has 9 heteroatoms. The first kappa shape index (κ1) is 17.0. The van der Waals surface area contributed by atoms with E-state index in [1.807, 2.05) is 0 Å². The highest BCUT2D eigenvalue weighted by Crippen LogP contribution is 2.42. The summed E-state index contributed by atoms with van der Waals surface area (Å²) in [7, 11) is 1.29. The van der Waals surface area contributed by atoms with Crippen LogP contribution in [0.25, 0.3) is 0 Å². The molecule has 2 fully saturated rings. The largest absolute Gasteiger partial charge is 0.394 e. The van der Waals surface area contributed by atoms with Crippen molar-refractivity contribution in [2.24, 2.45) is 7.05 Å². The summed E-state index contributed by atoms with van der Waals surface area (Å²) in [6.45, 7) is 4.39. The maximum absolute atomic E-state index is 12.5. The number of nitrogens with zero attached hydrogens (tertiary/aromatic N) is 2. The van der Waals surface area contributed by atoms with Crippen LogP contribution >= 0.6 is 0 Å². The van der Waals surface area contributed by atoms with E-state index < -0.39 is 47.4 Å². The van der Waals surface area contributed by atoms with Crippen LogP contribution in [0.1, 0.15) is 37.4 Å². The molecule has 24 heavy (non-hydrogen) atoms. The molecule has 2 saturated heterocycles. The van der Waals surface area contributed by atoms with Crippen molar-refractivity contribution in [3.8, 4) is 0 Å². The van der Waals surface area contributed by atoms with E-state index in [2.05, 4.69) is 0 Å². The molecule has 0 bridgehead atoms. The number of Topliss-reactive ketones (excluding diaryl/α,β-unsaturated/α-hetero) is 1. The minimum atomic E-state index is -0.911. The molecular weight excluding hydrogens is 320 g/mol. The van der Waals surface area contributed by atoms with Gasteiger partial charge in [-0.3, -0.25) is 18.7 Å². The lowest BCUT2D eigenvalue weighted by molar-refractivity contribution is -0.200. The second kappa shape index (κ2) is 5.62. The lowest BCUT2D eigenvalue weighted by Gasteiger charge is -2.24. The zero-order valence-electron chi connectivity index (χ0n) is 13.9. The summed E-state index contributed by atoms with van der Waals surface area (Å²) in [5, 5.41) is 9.50. The Morgan fingerprint density at radius 2 is 1.92 bits per heavy atom. The second-order valence-electron chi connectivity index (χ2n) is 6.47. The molecule has 4 atom stereocenters. The Bertz CT molecular complexity index is 794. The topological polar surface area (TPSA) is 109 Å². The lowest BCUT2D eigenvalue weighted by atomic mass is 10.1. The van der Waals surface area contributed by atoms with Gasteiger partial charge in [0.25, 0.3) is 5.56 Å². The van der Waals surface area contributed by atoms with E-state index in [0.717, 1.165) is 9.13 Å². The predicted octanol–water partition coefficient (Wildman–Crippen LogP) is -0.841. The highest BCUT2D eigenvalue weighted by molar-refractivity contribution is 5.93. The summed E-state index contributed by atoms with van der Waals surface area (Å²) in [6, 6.07) is 0. The van der Waals surface area contributed by atoms with Gasteiger partial charge < -0.3 is 19.3 Å². The summed E-state index contributed by atoms with van der Waals surface area (Å²) in [6.07, 6.45) is -1.60. The first-order valence-corrected chi connectivity index (χ1v) is 7.61. The number of aliphatic hydroxyl groups excluding tert-OH is 1. The number of aliphatic hydroxyl groups is 1. The molecule has 3 rings (SSSR count). The molecule has 2 aliphatic rings. The van der Waals surface area contributed by atoms with E-state index in [1.54, 1.807) is 13.8 Å². The number of ketones is 1. The van der Waals surface area contributed by atoms with E-state index in [4.69, 9.17) is 14.2 Å². The first-order valence-electron chi connectivity index (χ1n) is 7.61. The van der Waals surface area contributed by atoms with Gasteiger partial charge >= 0.3 is 5.69 Å². The minimum absolute atomic E-state index is 0.122. The van der Waals surface area contributed by atoms with E-state index in [-0.39, 0.29) is 12.2 Å². The van der Waals surface area contributed by atoms with E-state index >= 15 is 0 Å². The number of hydrogen-bond donors (Lipinski definition) is 1. The Morgan fingerprint density at radius 3 is 2.50 bits per heavy atom. The zero-order chi connectivity index (χ0) is 17.8. The number of carbonyl (C=O) groups is 1. The highest BCUT2D eigenvalue weighted by Gasteiger charge is 2.56. The van der Waals surface area contributed by atoms with Crippen LogP contribution in [0.5, 0.6) is 0 Å². The molecule has 0 aliphatic carbocycles. The monoisotopic (exact) mass is 340 g/mol. The van der Waals surface area contributed by atoms with Crippen molar-refractivity contribution >= 4 is 5.78 Å². The molecule has 0 radical (unpaired) electrons. The number of aromatic nitrogens is 2. The van der Waals surface area contributed by atoms with Crippen LogP contribution in [-0.4, -0.2) is 50.7 Å². The third kappa shape index (κ3) is 2.53. The Morgan fingerprint density at radius 1 is 1.29 bits per heavy atom. The van der Waals surface area contributed by atoms with Crippen molar-refractivity contribution < 1.29 is 24.1 Å². The van der Waals surface area contributed by atoms with Crippen LogP contribution in [0.3, 0.4) is 0 Å². The third-order valence-corrected chi connectivity index (χ3v) is 4.27. The van der Waals surface area contributed by atoms with Crippen molar-refractivity contribution in [2.75, 3.05) is 6.61 Å². The SMILES string of the molecule is CC(=O)c1cn([C@H]2O[C@@H](CO)[C@H]3OC(C)(C)O[C@@H]32)c(=O)n(C)c1=O. The average Bonchev–Trinajstić information content (AvgIpc) is 2.98. The normalized spacial score (nSPS) is 31.2. The van der Waals surface area contributed by atoms with E-state index in [9.17, 15) is 19.5 Å². The van der Waals surface area contributed by atoms with Gasteiger partial charge in [0.15, 0.2) is 17.8 Å². The molecule has 1 aromatic heterocycles. The minimum Gasteiger partial charge on any atom is -0.394 e. The van der Waals surface area contributed by atoms with E-state index in [1.165, 1.54) is 20.2 Å². The van der Waals surface area contributed by atoms with Crippen molar-refractivity contribution in [3.63, 3.8) is 0 Å². The van der Waals surface area contributed by atoms with Gasteiger partial charge in [0.2, 0.25) is 0 Å². The van der Waals surface area contributed by atoms with Crippen molar-refractivity contribution in [1.29, 1.82) is 0 Å². The van der Waals surface area contributed by atoms with Crippen molar-refractivity contribution in [2.45, 2.75) is 51.1 Å². The summed E-state index contributed by atoms with van der Waals surface area (Å²) >= 11 is 0. The number of fused-ring (bicyclic) bond motifs is 1. The molecule has 0 aromatic carbocycles. The average molecular weight is 340 g/mol. The van der Waals surface area contributed by atoms with Gasteiger partial charge in [-0.1, -0.05) is 0 Å². The number of rotatable bonds is 3.